The van der Waals surface area contributed by atoms with Crippen molar-refractivity contribution in [3.05, 3.63) is 93.4 Å². The van der Waals surface area contributed by atoms with Crippen LogP contribution in [-0.4, -0.2) is 61.2 Å². The van der Waals surface area contributed by atoms with E-state index in [4.69, 9.17) is 16.3 Å². The molecule has 0 saturated carbocycles. The molecular weight excluding hydrogens is 488 g/mol. The molecule has 0 bridgehead atoms. The zero-order chi connectivity index (χ0) is 25.8. The van der Waals surface area contributed by atoms with E-state index in [1.54, 1.807) is 48.5 Å². The average molecular weight is 511 g/mol. The number of aromatic nitrogens is 3. The van der Waals surface area contributed by atoms with E-state index in [-0.39, 0.29) is 35.2 Å². The number of hydrogen-bond donors (Lipinski definition) is 4. The van der Waals surface area contributed by atoms with E-state index >= 15 is 0 Å². The minimum absolute atomic E-state index is 0.00959. The Bertz CT molecular complexity index is 1440. The summed E-state index contributed by atoms with van der Waals surface area (Å²) in [6, 6.07) is 17.7. The smallest absolute Gasteiger partial charge is 0.348 e. The lowest BCUT2D eigenvalue weighted by atomic mass is 10.1. The molecule has 36 heavy (non-hydrogen) atoms. The molecular formula is C25H23ClN4O6. The highest BCUT2D eigenvalue weighted by Crippen LogP contribution is 2.36. The number of aliphatic hydroxyl groups excluding tert-OH is 1. The van der Waals surface area contributed by atoms with Crippen LogP contribution < -0.4 is 5.69 Å². The van der Waals surface area contributed by atoms with E-state index in [9.17, 15) is 24.9 Å². The molecule has 0 aliphatic carbocycles. The predicted molar refractivity (Wildman–Crippen MR) is 132 cm³/mol. The maximum atomic E-state index is 13.5. The first-order valence-corrected chi connectivity index (χ1v) is 11.2. The first-order valence-electron chi connectivity index (χ1n) is 10.9. The second kappa shape index (κ2) is 10.6. The molecule has 0 aliphatic rings. The zero-order valence-corrected chi connectivity index (χ0v) is 19.9. The highest BCUT2D eigenvalue weighted by atomic mass is 35.5. The van der Waals surface area contributed by atoms with Gasteiger partial charge in [0.1, 0.15) is 11.5 Å². The number of aromatic amines is 1. The van der Waals surface area contributed by atoms with E-state index in [1.807, 2.05) is 6.07 Å². The fourth-order valence-corrected chi connectivity index (χ4v) is 3.99. The SMILES string of the molecule is CN(C(=O)c1cc(-c2n[nH]c(=O)n2-c2ccccc2Cl)c(O)cc1O)C(OCCO)c1ccccc1. The van der Waals surface area contributed by atoms with Crippen molar-refractivity contribution >= 4 is 17.5 Å². The normalized spacial score (nSPS) is 11.9. The Hall–Kier alpha value is -4.12. The number of ether oxygens (including phenoxy) is 1. The van der Waals surface area contributed by atoms with E-state index in [1.165, 1.54) is 18.0 Å². The summed E-state index contributed by atoms with van der Waals surface area (Å²) in [5.41, 5.74) is 0.194. The summed E-state index contributed by atoms with van der Waals surface area (Å²) >= 11 is 6.27. The number of para-hydroxylation sites is 1. The van der Waals surface area contributed by atoms with Crippen LogP contribution in [0.15, 0.2) is 71.5 Å². The number of phenols is 2. The highest BCUT2D eigenvalue weighted by molar-refractivity contribution is 6.32. The molecule has 1 unspecified atom stereocenters. The lowest BCUT2D eigenvalue weighted by molar-refractivity contribution is -0.0489. The number of nitrogens with one attached hydrogen (secondary N) is 1. The molecule has 3 aromatic carbocycles. The summed E-state index contributed by atoms with van der Waals surface area (Å²) in [6.07, 6.45) is -0.866. The number of rotatable bonds is 8. The van der Waals surface area contributed by atoms with Gasteiger partial charge in [-0.2, -0.15) is 5.10 Å². The van der Waals surface area contributed by atoms with Crippen molar-refractivity contribution in [2.45, 2.75) is 6.23 Å². The zero-order valence-electron chi connectivity index (χ0n) is 19.1. The molecule has 11 heteroatoms. The standard InChI is InChI=1S/C25H23ClN4O6/c1-29(24(36-12-11-31)15-7-3-2-4-8-15)23(34)17-13-16(20(32)14-21(17)33)22-27-28-25(35)30(22)19-10-6-5-9-18(19)26/h2-10,13-14,24,31-33H,11-12H2,1H3,(H,28,35). The third-order valence-corrected chi connectivity index (χ3v) is 5.79. The van der Waals surface area contributed by atoms with Crippen molar-refractivity contribution in [3.8, 4) is 28.6 Å². The van der Waals surface area contributed by atoms with Crippen molar-refractivity contribution in [2.75, 3.05) is 20.3 Å². The second-order valence-electron chi connectivity index (χ2n) is 7.80. The van der Waals surface area contributed by atoms with Gasteiger partial charge in [0, 0.05) is 18.7 Å². The van der Waals surface area contributed by atoms with Crippen LogP contribution in [0.4, 0.5) is 0 Å². The maximum absolute atomic E-state index is 13.5. The van der Waals surface area contributed by atoms with Gasteiger partial charge >= 0.3 is 5.69 Å². The molecule has 0 radical (unpaired) electrons. The average Bonchev–Trinajstić information content (AvgIpc) is 3.25. The number of nitrogens with zero attached hydrogens (tertiary/aromatic N) is 3. The molecule has 1 amide bonds. The van der Waals surface area contributed by atoms with Crippen molar-refractivity contribution in [3.63, 3.8) is 0 Å². The minimum atomic E-state index is -0.866. The number of hydrogen-bond acceptors (Lipinski definition) is 7. The number of aromatic hydroxyl groups is 2. The first-order chi connectivity index (χ1) is 17.3. The van der Waals surface area contributed by atoms with Gasteiger partial charge in [-0.3, -0.25) is 4.79 Å². The van der Waals surface area contributed by atoms with Gasteiger partial charge in [0.2, 0.25) is 0 Å². The van der Waals surface area contributed by atoms with Gasteiger partial charge in [0.25, 0.3) is 5.91 Å². The van der Waals surface area contributed by atoms with E-state index in [2.05, 4.69) is 10.2 Å². The van der Waals surface area contributed by atoms with Gasteiger partial charge in [0.05, 0.1) is 35.1 Å². The summed E-state index contributed by atoms with van der Waals surface area (Å²) in [5, 5.41) is 37.0. The Morgan fingerprint density at radius 2 is 1.81 bits per heavy atom. The Labute approximate surface area is 210 Å². The minimum Gasteiger partial charge on any atom is -0.507 e. The van der Waals surface area contributed by atoms with Crippen LogP contribution in [0.1, 0.15) is 22.1 Å². The molecule has 0 aliphatic heterocycles. The molecule has 1 heterocycles. The third kappa shape index (κ3) is 4.82. The fraction of sp³-hybridized carbons (Fsp3) is 0.160. The van der Waals surface area contributed by atoms with Crippen molar-refractivity contribution in [1.29, 1.82) is 0 Å². The summed E-state index contributed by atoms with van der Waals surface area (Å²) < 4.78 is 6.86. The topological polar surface area (TPSA) is 141 Å². The largest absolute Gasteiger partial charge is 0.507 e. The van der Waals surface area contributed by atoms with Crippen molar-refractivity contribution < 1.29 is 24.9 Å². The van der Waals surface area contributed by atoms with Gasteiger partial charge < -0.3 is 25.0 Å². The third-order valence-electron chi connectivity index (χ3n) is 5.47. The van der Waals surface area contributed by atoms with Gasteiger partial charge in [-0.15, -0.1) is 0 Å². The van der Waals surface area contributed by atoms with Gasteiger partial charge in [-0.05, 0) is 18.2 Å². The molecule has 186 valence electrons. The Morgan fingerprint density at radius 1 is 1.11 bits per heavy atom. The monoisotopic (exact) mass is 510 g/mol. The van der Waals surface area contributed by atoms with Crippen molar-refractivity contribution in [1.82, 2.24) is 19.7 Å². The maximum Gasteiger partial charge on any atom is 0.348 e. The quantitative estimate of drug-likeness (QED) is 0.267. The van der Waals surface area contributed by atoms with Crippen molar-refractivity contribution in [2.24, 2.45) is 0 Å². The molecule has 0 fully saturated rings. The Kier molecular flexibility index (Phi) is 7.39. The summed E-state index contributed by atoms with van der Waals surface area (Å²) in [4.78, 5) is 27.3. The molecule has 10 nitrogen and oxygen atoms in total. The van der Waals surface area contributed by atoms with Crippen LogP contribution in [0.5, 0.6) is 11.5 Å². The number of halogens is 1. The van der Waals surface area contributed by atoms with Crippen LogP contribution >= 0.6 is 11.6 Å². The van der Waals surface area contributed by atoms with Crippen LogP contribution in [0.2, 0.25) is 5.02 Å². The lowest BCUT2D eigenvalue weighted by Crippen LogP contribution is -2.33. The highest BCUT2D eigenvalue weighted by Gasteiger charge is 2.28. The molecule has 0 spiro atoms. The van der Waals surface area contributed by atoms with Crippen LogP contribution in [0.3, 0.4) is 0 Å². The molecule has 4 rings (SSSR count). The van der Waals surface area contributed by atoms with E-state index in [0.717, 1.165) is 10.6 Å². The number of aliphatic hydroxyl groups is 1. The van der Waals surface area contributed by atoms with Gasteiger partial charge in [-0.25, -0.2) is 14.5 Å². The number of carbonyl (C=O) groups excluding carboxylic acids is 1. The molecule has 4 N–H and O–H groups in total. The number of carbonyl (C=O) groups is 1. The lowest BCUT2D eigenvalue weighted by Gasteiger charge is -2.29. The van der Waals surface area contributed by atoms with Gasteiger partial charge in [-0.1, -0.05) is 54.1 Å². The van der Waals surface area contributed by atoms with E-state index < -0.39 is 29.3 Å². The number of H-pyrrole nitrogens is 1. The molecule has 0 saturated heterocycles. The molecule has 1 atom stereocenters. The Morgan fingerprint density at radius 3 is 2.50 bits per heavy atom. The number of amides is 1. The first kappa shape index (κ1) is 25.0. The predicted octanol–water partition coefficient (Wildman–Crippen LogP) is 3.07. The van der Waals surface area contributed by atoms with E-state index in [0.29, 0.717) is 11.3 Å². The number of phenolic OH excluding ortho intramolecular Hbond substituents is 2. The van der Waals surface area contributed by atoms with Crippen LogP contribution in [0, 0.1) is 0 Å². The summed E-state index contributed by atoms with van der Waals surface area (Å²) in [5.74, 6) is -1.54. The molecule has 1 aromatic heterocycles. The fourth-order valence-electron chi connectivity index (χ4n) is 3.77. The van der Waals surface area contributed by atoms with Crippen LogP contribution in [-0.2, 0) is 4.74 Å². The van der Waals surface area contributed by atoms with Gasteiger partial charge in [0.15, 0.2) is 12.1 Å². The summed E-state index contributed by atoms with van der Waals surface area (Å²) in [7, 11) is 1.48. The number of benzene rings is 3. The second-order valence-corrected chi connectivity index (χ2v) is 8.21. The Balaban J connectivity index is 1.78. The van der Waals surface area contributed by atoms with Crippen LogP contribution in [0.25, 0.3) is 17.1 Å². The summed E-state index contributed by atoms with van der Waals surface area (Å²) in [6.45, 7) is -0.278. The molecule has 4 aromatic rings.